The molecule has 0 aliphatic heterocycles. The summed E-state index contributed by atoms with van der Waals surface area (Å²) < 4.78 is 43.7. The molecule has 0 amide bonds. The van der Waals surface area contributed by atoms with Gasteiger partial charge in [0, 0.05) is 18.1 Å². The maximum atomic E-state index is 13.6. The van der Waals surface area contributed by atoms with Crippen molar-refractivity contribution in [1.82, 2.24) is 4.57 Å². The van der Waals surface area contributed by atoms with Gasteiger partial charge >= 0.3 is 0 Å². The second kappa shape index (κ2) is 6.53. The quantitative estimate of drug-likeness (QED) is 0.620. The molecule has 0 aliphatic rings. The van der Waals surface area contributed by atoms with Crippen LogP contribution in [0.15, 0.2) is 64.2 Å². The van der Waals surface area contributed by atoms with Gasteiger partial charge in [0.2, 0.25) is 0 Å². The molecule has 0 unspecified atom stereocenters. The lowest BCUT2D eigenvalue weighted by atomic mass is 10.2. The number of nitrogens with one attached hydrogen (secondary N) is 1. The van der Waals surface area contributed by atoms with Crippen molar-refractivity contribution in [1.29, 1.82) is 0 Å². The van der Waals surface area contributed by atoms with Gasteiger partial charge in [0.15, 0.2) is 0 Å². The molecule has 0 fully saturated rings. The molecule has 0 spiro atoms. The number of rotatable bonds is 4. The Kier molecular flexibility index (Phi) is 4.57. The van der Waals surface area contributed by atoms with E-state index >= 15 is 0 Å². The van der Waals surface area contributed by atoms with Gasteiger partial charge in [-0.25, -0.2) is 12.8 Å². The zero-order valence-electron chi connectivity index (χ0n) is 13.2. The van der Waals surface area contributed by atoms with Crippen LogP contribution in [0.25, 0.3) is 5.69 Å². The topological polar surface area (TPSA) is 77.1 Å². The standard InChI is InChI=1S/C17H15BrFN3O2S/c1-11-8-14(19)13(18)10-15(11)21-25(23,24)17-5-4-12(20)9-16(17)22-6-2-3-7-22/h2-10,21H,20H2,1H3. The summed E-state index contributed by atoms with van der Waals surface area (Å²) in [6.45, 7) is 1.63. The average Bonchev–Trinajstić information content (AvgIpc) is 3.06. The van der Waals surface area contributed by atoms with E-state index in [1.807, 2.05) is 0 Å². The molecule has 0 radical (unpaired) electrons. The van der Waals surface area contributed by atoms with E-state index in [0.29, 0.717) is 22.6 Å². The Labute approximate surface area is 153 Å². The second-order valence-corrected chi connectivity index (χ2v) is 8.01. The monoisotopic (exact) mass is 423 g/mol. The van der Waals surface area contributed by atoms with Crippen molar-refractivity contribution in [2.75, 3.05) is 10.5 Å². The largest absolute Gasteiger partial charge is 0.399 e. The number of nitrogen functional groups attached to an aromatic ring is 1. The lowest BCUT2D eigenvalue weighted by Crippen LogP contribution is -2.16. The smallest absolute Gasteiger partial charge is 0.263 e. The molecule has 130 valence electrons. The number of hydrogen-bond acceptors (Lipinski definition) is 3. The molecule has 25 heavy (non-hydrogen) atoms. The van der Waals surface area contributed by atoms with Gasteiger partial charge in [-0.15, -0.1) is 0 Å². The SMILES string of the molecule is Cc1cc(F)c(Br)cc1NS(=O)(=O)c1ccc(N)cc1-n1cccc1. The molecule has 3 N–H and O–H groups in total. The van der Waals surface area contributed by atoms with E-state index in [4.69, 9.17) is 5.73 Å². The van der Waals surface area contributed by atoms with Crippen LogP contribution in [0.3, 0.4) is 0 Å². The van der Waals surface area contributed by atoms with Crippen molar-refractivity contribution in [2.24, 2.45) is 0 Å². The molecule has 8 heteroatoms. The highest BCUT2D eigenvalue weighted by Crippen LogP contribution is 2.29. The summed E-state index contributed by atoms with van der Waals surface area (Å²) in [6, 6.07) is 10.8. The molecule has 0 atom stereocenters. The number of sulfonamides is 1. The molecule has 3 rings (SSSR count). The number of aryl methyl sites for hydroxylation is 1. The van der Waals surface area contributed by atoms with Gasteiger partial charge in [-0.2, -0.15) is 0 Å². The van der Waals surface area contributed by atoms with Gasteiger partial charge < -0.3 is 10.3 Å². The van der Waals surface area contributed by atoms with E-state index in [9.17, 15) is 12.8 Å². The number of benzene rings is 2. The summed E-state index contributed by atoms with van der Waals surface area (Å²) in [6.07, 6.45) is 3.46. The molecule has 0 aliphatic carbocycles. The van der Waals surface area contributed by atoms with E-state index in [1.54, 1.807) is 42.1 Å². The summed E-state index contributed by atoms with van der Waals surface area (Å²) in [5, 5.41) is 0. The fourth-order valence-corrected chi connectivity index (χ4v) is 4.06. The van der Waals surface area contributed by atoms with Gasteiger partial charge in [-0.05, 0) is 70.9 Å². The third-order valence-electron chi connectivity index (χ3n) is 3.67. The Hall–Kier alpha value is -2.32. The van der Waals surface area contributed by atoms with Crippen LogP contribution in [0.4, 0.5) is 15.8 Å². The first-order valence-electron chi connectivity index (χ1n) is 7.29. The molecule has 2 aromatic carbocycles. The fraction of sp³-hybridized carbons (Fsp3) is 0.0588. The summed E-state index contributed by atoms with van der Waals surface area (Å²) in [7, 11) is -3.91. The highest BCUT2D eigenvalue weighted by Gasteiger charge is 2.21. The number of hydrogen-bond donors (Lipinski definition) is 2. The van der Waals surface area contributed by atoms with Crippen LogP contribution in [0.1, 0.15) is 5.56 Å². The van der Waals surface area contributed by atoms with Crippen molar-refractivity contribution in [3.05, 3.63) is 70.7 Å². The van der Waals surface area contributed by atoms with Crippen molar-refractivity contribution in [2.45, 2.75) is 11.8 Å². The minimum Gasteiger partial charge on any atom is -0.399 e. The molecule has 5 nitrogen and oxygen atoms in total. The summed E-state index contributed by atoms with van der Waals surface area (Å²) in [4.78, 5) is 0.0674. The van der Waals surface area contributed by atoms with E-state index in [1.165, 1.54) is 24.3 Å². The fourth-order valence-electron chi connectivity index (χ4n) is 2.41. The summed E-state index contributed by atoms with van der Waals surface area (Å²) in [5.41, 5.74) is 7.46. The molecular formula is C17H15BrFN3O2S. The van der Waals surface area contributed by atoms with E-state index in [0.717, 1.165) is 0 Å². The zero-order valence-corrected chi connectivity index (χ0v) is 15.6. The third-order valence-corrected chi connectivity index (χ3v) is 5.69. The van der Waals surface area contributed by atoms with Crippen molar-refractivity contribution >= 4 is 37.3 Å². The van der Waals surface area contributed by atoms with Crippen LogP contribution in [0.2, 0.25) is 0 Å². The first kappa shape index (κ1) is 17.5. The maximum absolute atomic E-state index is 13.6. The Bertz CT molecular complexity index is 1030. The Morgan fingerprint density at radius 3 is 2.52 bits per heavy atom. The molecule has 1 aromatic heterocycles. The maximum Gasteiger partial charge on any atom is 0.263 e. The van der Waals surface area contributed by atoms with Gasteiger partial charge in [0.1, 0.15) is 10.7 Å². The normalized spacial score (nSPS) is 11.5. The van der Waals surface area contributed by atoms with Crippen LogP contribution in [0.5, 0.6) is 0 Å². The highest BCUT2D eigenvalue weighted by molar-refractivity contribution is 9.10. The van der Waals surface area contributed by atoms with Crippen molar-refractivity contribution in [3.8, 4) is 5.69 Å². The Morgan fingerprint density at radius 2 is 1.84 bits per heavy atom. The first-order valence-corrected chi connectivity index (χ1v) is 9.57. The van der Waals surface area contributed by atoms with Crippen LogP contribution in [-0.4, -0.2) is 13.0 Å². The lowest BCUT2D eigenvalue weighted by molar-refractivity contribution is 0.600. The van der Waals surface area contributed by atoms with Gasteiger partial charge in [-0.1, -0.05) is 0 Å². The van der Waals surface area contributed by atoms with Crippen LogP contribution in [0, 0.1) is 12.7 Å². The van der Waals surface area contributed by atoms with Crippen molar-refractivity contribution in [3.63, 3.8) is 0 Å². The van der Waals surface area contributed by atoms with Gasteiger partial charge in [0.25, 0.3) is 10.0 Å². The predicted molar refractivity (Wildman–Crippen MR) is 99.8 cm³/mol. The molecule has 0 saturated heterocycles. The second-order valence-electron chi connectivity index (χ2n) is 5.50. The van der Waals surface area contributed by atoms with E-state index < -0.39 is 15.8 Å². The van der Waals surface area contributed by atoms with Gasteiger partial charge in [0.05, 0.1) is 15.8 Å². The first-order chi connectivity index (χ1) is 11.8. The number of nitrogens with zero attached hydrogens (tertiary/aromatic N) is 1. The van der Waals surface area contributed by atoms with Gasteiger partial charge in [-0.3, -0.25) is 4.72 Å². The molecular weight excluding hydrogens is 409 g/mol. The summed E-state index contributed by atoms with van der Waals surface area (Å²) in [5.74, 6) is -0.457. The molecule has 1 heterocycles. The van der Waals surface area contributed by atoms with Crippen LogP contribution >= 0.6 is 15.9 Å². The minimum atomic E-state index is -3.91. The van der Waals surface area contributed by atoms with Crippen LogP contribution in [-0.2, 0) is 10.0 Å². The zero-order chi connectivity index (χ0) is 18.2. The lowest BCUT2D eigenvalue weighted by Gasteiger charge is -2.15. The number of nitrogens with two attached hydrogens (primary N) is 1. The third kappa shape index (κ3) is 3.54. The highest BCUT2D eigenvalue weighted by atomic mass is 79.9. The molecule has 0 saturated carbocycles. The van der Waals surface area contributed by atoms with E-state index in [-0.39, 0.29) is 9.37 Å². The van der Waals surface area contributed by atoms with Crippen LogP contribution < -0.4 is 10.5 Å². The molecule has 0 bridgehead atoms. The Balaban J connectivity index is 2.09. The number of aromatic nitrogens is 1. The summed E-state index contributed by atoms with van der Waals surface area (Å²) >= 11 is 3.07. The molecule has 3 aromatic rings. The average molecular weight is 424 g/mol. The number of anilines is 2. The minimum absolute atomic E-state index is 0.0674. The van der Waals surface area contributed by atoms with E-state index in [2.05, 4.69) is 20.7 Å². The van der Waals surface area contributed by atoms with Crippen molar-refractivity contribution < 1.29 is 12.8 Å². The Morgan fingerprint density at radius 1 is 1.16 bits per heavy atom. The predicted octanol–water partition coefficient (Wildman–Crippen LogP) is 4.07. The number of halogens is 2.